The molecule has 1 aromatic rings. The fourth-order valence-corrected chi connectivity index (χ4v) is 4.76. The summed E-state index contributed by atoms with van der Waals surface area (Å²) >= 11 is 0. The Morgan fingerprint density at radius 2 is 1.87 bits per heavy atom. The summed E-state index contributed by atoms with van der Waals surface area (Å²) in [5.41, 5.74) is 0.943. The lowest BCUT2D eigenvalue weighted by atomic mass is 9.95. The third-order valence-corrected chi connectivity index (χ3v) is 6.34. The van der Waals surface area contributed by atoms with Gasteiger partial charge in [-0.05, 0) is 12.5 Å². The normalized spacial score (nSPS) is 40.4. The van der Waals surface area contributed by atoms with E-state index in [1.807, 2.05) is 30.3 Å². The molecule has 0 aromatic heterocycles. The maximum atomic E-state index is 11.9. The molecule has 4 rings (SSSR count). The molecule has 0 aliphatic carbocycles. The van der Waals surface area contributed by atoms with Gasteiger partial charge in [0.25, 0.3) is 0 Å². The van der Waals surface area contributed by atoms with Crippen molar-refractivity contribution in [1.29, 1.82) is 0 Å². The molecule has 10 nitrogen and oxygen atoms in total. The monoisotopic (exact) mass is 446 g/mol. The SMILES string of the molecule is COC[C@@]1(OC)O[C@H]2[C@H](OCc3ccccc3)O[C@@H]3COS(=O)(=O)O[C@@H]3[C@@H]2O[C@@H]1C. The topological polar surface area (TPSA) is 108 Å². The Morgan fingerprint density at radius 1 is 1.10 bits per heavy atom. The van der Waals surface area contributed by atoms with Crippen LogP contribution in [0.25, 0.3) is 0 Å². The minimum Gasteiger partial charge on any atom is -0.379 e. The van der Waals surface area contributed by atoms with Crippen LogP contribution in [0.3, 0.4) is 0 Å². The largest absolute Gasteiger partial charge is 0.400 e. The lowest BCUT2D eigenvalue weighted by Gasteiger charge is -2.54. The zero-order valence-electron chi connectivity index (χ0n) is 17.0. The van der Waals surface area contributed by atoms with Gasteiger partial charge in [0.2, 0.25) is 5.79 Å². The van der Waals surface area contributed by atoms with Crippen LogP contribution in [0.1, 0.15) is 12.5 Å². The molecule has 0 bridgehead atoms. The Balaban J connectivity index is 1.60. The van der Waals surface area contributed by atoms with Crippen LogP contribution < -0.4 is 0 Å². The molecular formula is C19H26O10S. The van der Waals surface area contributed by atoms with Gasteiger partial charge in [-0.25, -0.2) is 8.37 Å². The number of benzene rings is 1. The first kappa shape index (κ1) is 22.1. The summed E-state index contributed by atoms with van der Waals surface area (Å²) < 4.78 is 69.0. The molecule has 3 aliphatic heterocycles. The molecule has 0 saturated carbocycles. The molecule has 3 heterocycles. The molecule has 3 aliphatic rings. The van der Waals surface area contributed by atoms with Gasteiger partial charge in [-0.1, -0.05) is 30.3 Å². The second kappa shape index (κ2) is 8.77. The van der Waals surface area contributed by atoms with Crippen molar-refractivity contribution in [3.63, 3.8) is 0 Å². The van der Waals surface area contributed by atoms with E-state index in [2.05, 4.69) is 0 Å². The molecule has 3 saturated heterocycles. The van der Waals surface area contributed by atoms with E-state index >= 15 is 0 Å². The molecule has 168 valence electrons. The molecule has 0 spiro atoms. The Hall–Kier alpha value is -1.15. The zero-order chi connectivity index (χ0) is 21.4. The van der Waals surface area contributed by atoms with Crippen molar-refractivity contribution < 1.29 is 45.2 Å². The van der Waals surface area contributed by atoms with Crippen LogP contribution in [-0.2, 0) is 53.8 Å². The van der Waals surface area contributed by atoms with Crippen molar-refractivity contribution in [3.8, 4) is 0 Å². The molecule has 0 N–H and O–H groups in total. The predicted octanol–water partition coefficient (Wildman–Crippen LogP) is 0.750. The van der Waals surface area contributed by atoms with Gasteiger partial charge >= 0.3 is 10.4 Å². The van der Waals surface area contributed by atoms with E-state index in [1.54, 1.807) is 6.92 Å². The van der Waals surface area contributed by atoms with Crippen molar-refractivity contribution in [2.75, 3.05) is 27.4 Å². The van der Waals surface area contributed by atoms with Crippen molar-refractivity contribution in [3.05, 3.63) is 35.9 Å². The quantitative estimate of drug-likeness (QED) is 0.621. The molecule has 30 heavy (non-hydrogen) atoms. The highest BCUT2D eigenvalue weighted by Crippen LogP contribution is 2.41. The third-order valence-electron chi connectivity index (χ3n) is 5.46. The van der Waals surface area contributed by atoms with Gasteiger partial charge in [0.05, 0.1) is 13.2 Å². The number of ether oxygens (including phenoxy) is 6. The molecule has 11 heteroatoms. The molecule has 7 atom stereocenters. The molecular weight excluding hydrogens is 420 g/mol. The molecule has 0 amide bonds. The Morgan fingerprint density at radius 3 is 2.57 bits per heavy atom. The van der Waals surface area contributed by atoms with Gasteiger partial charge in [0, 0.05) is 14.2 Å². The van der Waals surface area contributed by atoms with Gasteiger partial charge in [-0.2, -0.15) is 8.42 Å². The van der Waals surface area contributed by atoms with Crippen LogP contribution in [0.15, 0.2) is 30.3 Å². The van der Waals surface area contributed by atoms with Crippen molar-refractivity contribution in [2.45, 2.75) is 56.1 Å². The minimum absolute atomic E-state index is 0.0929. The van der Waals surface area contributed by atoms with Crippen LogP contribution in [-0.4, -0.2) is 78.4 Å². The van der Waals surface area contributed by atoms with Gasteiger partial charge in [0.1, 0.15) is 37.1 Å². The zero-order valence-corrected chi connectivity index (χ0v) is 17.8. The number of hydrogen-bond acceptors (Lipinski definition) is 10. The number of hydrogen-bond donors (Lipinski definition) is 0. The highest BCUT2D eigenvalue weighted by molar-refractivity contribution is 7.81. The van der Waals surface area contributed by atoms with Gasteiger partial charge in [-0.3, -0.25) is 0 Å². The van der Waals surface area contributed by atoms with Crippen LogP contribution in [0.4, 0.5) is 0 Å². The highest BCUT2D eigenvalue weighted by atomic mass is 32.3. The maximum absolute atomic E-state index is 11.9. The van der Waals surface area contributed by atoms with E-state index in [1.165, 1.54) is 14.2 Å². The minimum atomic E-state index is -4.15. The van der Waals surface area contributed by atoms with E-state index in [9.17, 15) is 8.42 Å². The predicted molar refractivity (Wildman–Crippen MR) is 100 cm³/mol. The third kappa shape index (κ3) is 4.27. The molecule has 1 aromatic carbocycles. The first-order chi connectivity index (χ1) is 14.4. The van der Waals surface area contributed by atoms with E-state index < -0.39 is 53.0 Å². The summed E-state index contributed by atoms with van der Waals surface area (Å²) in [6.07, 6.45) is -4.70. The van der Waals surface area contributed by atoms with Crippen LogP contribution in [0, 0.1) is 0 Å². The summed E-state index contributed by atoms with van der Waals surface area (Å²) in [5, 5.41) is 0. The first-order valence-corrected chi connectivity index (χ1v) is 11.0. The average Bonchev–Trinajstić information content (AvgIpc) is 2.73. The standard InChI is InChI=1S/C19H26O10S/c1-12-19(23-3,11-22-2)28-17-16(26-12)15-14(10-25-30(20,21)29-15)27-18(17)24-9-13-7-5-4-6-8-13/h4-8,12,14-18H,9-11H2,1-3H3/t12-,14-,15+,16+,17-,18-,19-/m1/s1. The van der Waals surface area contributed by atoms with E-state index in [-0.39, 0.29) is 19.8 Å². The van der Waals surface area contributed by atoms with E-state index in [0.29, 0.717) is 0 Å². The van der Waals surface area contributed by atoms with E-state index in [0.717, 1.165) is 5.56 Å². The number of rotatable bonds is 6. The molecule has 0 radical (unpaired) electrons. The second-order valence-electron chi connectivity index (χ2n) is 7.37. The van der Waals surface area contributed by atoms with E-state index in [4.69, 9.17) is 36.8 Å². The lowest BCUT2D eigenvalue weighted by molar-refractivity contribution is -0.426. The van der Waals surface area contributed by atoms with Gasteiger partial charge in [-0.15, -0.1) is 0 Å². The summed E-state index contributed by atoms with van der Waals surface area (Å²) in [7, 11) is -1.14. The van der Waals surface area contributed by atoms with Crippen LogP contribution in [0.5, 0.6) is 0 Å². The smallest absolute Gasteiger partial charge is 0.379 e. The van der Waals surface area contributed by atoms with Crippen LogP contribution >= 0.6 is 0 Å². The molecule has 3 fully saturated rings. The second-order valence-corrected chi connectivity index (χ2v) is 8.61. The van der Waals surface area contributed by atoms with Crippen LogP contribution in [0.2, 0.25) is 0 Å². The first-order valence-electron chi connectivity index (χ1n) is 9.63. The highest BCUT2D eigenvalue weighted by Gasteiger charge is 2.60. The Labute approximate surface area is 175 Å². The van der Waals surface area contributed by atoms with Gasteiger partial charge < -0.3 is 28.4 Å². The Bertz CT molecular complexity index is 818. The molecule has 0 unspecified atom stereocenters. The summed E-state index contributed by atoms with van der Waals surface area (Å²) in [6, 6.07) is 9.57. The summed E-state index contributed by atoms with van der Waals surface area (Å²) in [6.45, 7) is 1.91. The lowest BCUT2D eigenvalue weighted by Crippen LogP contribution is -2.71. The Kier molecular flexibility index (Phi) is 6.45. The average molecular weight is 446 g/mol. The fraction of sp³-hybridized carbons (Fsp3) is 0.684. The van der Waals surface area contributed by atoms with Crippen molar-refractivity contribution in [2.24, 2.45) is 0 Å². The maximum Gasteiger partial charge on any atom is 0.400 e. The summed E-state index contributed by atoms with van der Waals surface area (Å²) in [4.78, 5) is 0. The summed E-state index contributed by atoms with van der Waals surface area (Å²) in [5.74, 6) is -1.22. The van der Waals surface area contributed by atoms with Crippen molar-refractivity contribution >= 4 is 10.4 Å². The fourth-order valence-electron chi connectivity index (χ4n) is 3.90. The number of methoxy groups -OCH3 is 2. The van der Waals surface area contributed by atoms with Crippen molar-refractivity contribution in [1.82, 2.24) is 0 Å². The number of fused-ring (bicyclic) bond motifs is 3. The van der Waals surface area contributed by atoms with Gasteiger partial charge in [0.15, 0.2) is 6.29 Å².